The van der Waals surface area contributed by atoms with E-state index in [2.05, 4.69) is 20.9 Å². The third kappa shape index (κ3) is 7.98. The molecule has 4 rings (SSSR count). The van der Waals surface area contributed by atoms with Crippen LogP contribution in [0.2, 0.25) is 0 Å². The third-order valence-electron chi connectivity index (χ3n) is 7.98. The van der Waals surface area contributed by atoms with Crippen LogP contribution in [-0.4, -0.2) is 36.1 Å². The molecule has 0 atom stereocenters. The summed E-state index contributed by atoms with van der Waals surface area (Å²) in [6, 6.07) is 2.25. The summed E-state index contributed by atoms with van der Waals surface area (Å²) in [6.07, 6.45) is 26.6. The fraction of sp³-hybridized carbons (Fsp3) is 0.923. The Labute approximate surface area is 190 Å². The first kappa shape index (κ1) is 22.9. The van der Waals surface area contributed by atoms with Gasteiger partial charge in [0, 0.05) is 6.04 Å². The van der Waals surface area contributed by atoms with Crippen LogP contribution in [0.15, 0.2) is 4.99 Å². The van der Waals surface area contributed by atoms with E-state index < -0.39 is 0 Å². The number of hydrogen-bond acceptors (Lipinski definition) is 1. The highest BCUT2D eigenvalue weighted by molar-refractivity contribution is 5.96. The van der Waals surface area contributed by atoms with Crippen LogP contribution in [0.4, 0.5) is 0 Å². The van der Waals surface area contributed by atoms with Crippen LogP contribution in [0.5, 0.6) is 0 Å². The molecule has 5 nitrogen and oxygen atoms in total. The maximum atomic E-state index is 5.25. The first-order valence-corrected chi connectivity index (χ1v) is 13.9. The summed E-state index contributed by atoms with van der Waals surface area (Å²) in [5, 5.41) is 11.5. The Morgan fingerprint density at radius 1 is 0.548 bits per heavy atom. The summed E-state index contributed by atoms with van der Waals surface area (Å²) in [6.45, 7) is 0. The molecule has 0 amide bonds. The maximum Gasteiger partial charge on any atom is 0.351 e. The van der Waals surface area contributed by atoms with Gasteiger partial charge in [-0.2, -0.15) is 0 Å². The van der Waals surface area contributed by atoms with E-state index in [1.165, 1.54) is 128 Å². The predicted octanol–water partition coefficient (Wildman–Crippen LogP) is 3.88. The minimum absolute atomic E-state index is 0.484. The van der Waals surface area contributed by atoms with Gasteiger partial charge in [0.15, 0.2) is 0 Å². The van der Waals surface area contributed by atoms with E-state index in [4.69, 9.17) is 4.99 Å². The second-order valence-electron chi connectivity index (χ2n) is 10.7. The molecule has 4 aliphatic carbocycles. The van der Waals surface area contributed by atoms with Crippen molar-refractivity contribution in [2.24, 2.45) is 4.99 Å². The smallest absolute Gasteiger partial charge is 0.340 e. The second-order valence-corrected chi connectivity index (χ2v) is 10.7. The van der Waals surface area contributed by atoms with Crippen LogP contribution < -0.4 is 20.9 Å². The Kier molecular flexibility index (Phi) is 9.38. The summed E-state index contributed by atoms with van der Waals surface area (Å²) in [4.78, 5) is 9.13. The lowest BCUT2D eigenvalue weighted by atomic mass is 9.95. The van der Waals surface area contributed by atoms with Gasteiger partial charge in [0.05, 0.1) is 18.1 Å². The molecule has 0 saturated heterocycles. The van der Waals surface area contributed by atoms with Crippen LogP contribution in [0.1, 0.15) is 128 Å². The van der Waals surface area contributed by atoms with Crippen LogP contribution in [0.25, 0.3) is 0 Å². The van der Waals surface area contributed by atoms with Crippen molar-refractivity contribution in [1.29, 1.82) is 0 Å². The lowest BCUT2D eigenvalue weighted by molar-refractivity contribution is -0.511. The number of guanidine groups is 2. The molecular weight excluding hydrogens is 382 g/mol. The number of aliphatic imine (C=N–C) groups is 1. The van der Waals surface area contributed by atoms with E-state index >= 15 is 0 Å². The predicted molar refractivity (Wildman–Crippen MR) is 130 cm³/mol. The molecule has 4 fully saturated rings. The summed E-state index contributed by atoms with van der Waals surface area (Å²) in [5.41, 5.74) is 0. The Bertz CT molecular complexity index is 512. The molecule has 0 bridgehead atoms. The van der Waals surface area contributed by atoms with Crippen LogP contribution in [-0.2, 0) is 0 Å². The molecule has 0 heterocycles. The van der Waals surface area contributed by atoms with E-state index in [0.29, 0.717) is 24.2 Å². The maximum absolute atomic E-state index is 5.25. The first-order chi connectivity index (χ1) is 15.3. The highest BCUT2D eigenvalue weighted by Crippen LogP contribution is 2.21. The highest BCUT2D eigenvalue weighted by Gasteiger charge is 2.25. The van der Waals surface area contributed by atoms with Gasteiger partial charge in [0.25, 0.3) is 5.96 Å². The van der Waals surface area contributed by atoms with E-state index in [0.717, 1.165) is 11.9 Å². The zero-order valence-corrected chi connectivity index (χ0v) is 19.9. The number of nitrogens with one attached hydrogen (secondary N) is 4. The average Bonchev–Trinajstić information content (AvgIpc) is 2.82. The van der Waals surface area contributed by atoms with E-state index in [1.54, 1.807) is 0 Å². The topological polar surface area (TPSA) is 62.4 Å². The van der Waals surface area contributed by atoms with Gasteiger partial charge in [-0.15, -0.1) is 0 Å². The van der Waals surface area contributed by atoms with Gasteiger partial charge in [-0.1, -0.05) is 77.0 Å². The molecule has 0 radical (unpaired) electrons. The number of nitrogens with zero attached hydrogens (tertiary/aromatic N) is 1. The molecule has 176 valence electrons. The van der Waals surface area contributed by atoms with Crippen LogP contribution in [0, 0.1) is 0 Å². The minimum Gasteiger partial charge on any atom is -0.340 e. The van der Waals surface area contributed by atoms with Gasteiger partial charge in [-0.25, -0.2) is 10.3 Å². The summed E-state index contributed by atoms with van der Waals surface area (Å²) < 4.78 is 0. The third-order valence-corrected chi connectivity index (χ3v) is 7.98. The summed E-state index contributed by atoms with van der Waals surface area (Å²) in [5.74, 6) is 2.15. The standard InChI is InChI=1S/C26H47N5/c1-5-13-21(14-6-1)27-25(28-22-15-7-2-8-16-22)31-26(29-23-17-9-3-10-18-23)30-24-19-11-4-12-20-24/h21-24H,1-20H2,(H3,27,28,29,30,31)/p+1. The van der Waals surface area contributed by atoms with E-state index in [9.17, 15) is 0 Å². The second kappa shape index (κ2) is 12.7. The monoisotopic (exact) mass is 430 g/mol. The molecule has 0 aromatic carbocycles. The van der Waals surface area contributed by atoms with Crippen LogP contribution in [0.3, 0.4) is 0 Å². The lowest BCUT2D eigenvalue weighted by Gasteiger charge is -2.27. The molecule has 0 spiro atoms. The van der Waals surface area contributed by atoms with Crippen molar-refractivity contribution in [3.8, 4) is 0 Å². The highest BCUT2D eigenvalue weighted by atomic mass is 15.3. The molecular formula is C26H48N5+. The average molecular weight is 431 g/mol. The fourth-order valence-electron chi connectivity index (χ4n) is 6.07. The molecule has 0 aromatic rings. The van der Waals surface area contributed by atoms with Crippen molar-refractivity contribution >= 4 is 11.9 Å². The van der Waals surface area contributed by atoms with Gasteiger partial charge in [-0.3, -0.25) is 10.3 Å². The molecule has 4 aliphatic rings. The Morgan fingerprint density at radius 3 is 1.61 bits per heavy atom. The van der Waals surface area contributed by atoms with E-state index in [1.807, 2.05) is 0 Å². The van der Waals surface area contributed by atoms with Gasteiger partial charge in [-0.05, 0) is 51.4 Å². The molecule has 0 aliphatic heterocycles. The van der Waals surface area contributed by atoms with Gasteiger partial charge in [0.2, 0.25) is 0 Å². The van der Waals surface area contributed by atoms with Gasteiger partial charge < -0.3 is 5.32 Å². The van der Waals surface area contributed by atoms with Crippen molar-refractivity contribution in [3.05, 3.63) is 0 Å². The van der Waals surface area contributed by atoms with Crippen LogP contribution >= 0.6 is 0 Å². The van der Waals surface area contributed by atoms with Crippen molar-refractivity contribution in [1.82, 2.24) is 16.0 Å². The minimum atomic E-state index is 0.484. The molecule has 31 heavy (non-hydrogen) atoms. The Morgan fingerprint density at radius 2 is 1.03 bits per heavy atom. The first-order valence-electron chi connectivity index (χ1n) is 13.9. The number of hydrogen-bond donors (Lipinski definition) is 4. The molecule has 4 N–H and O–H groups in total. The SMILES string of the molecule is C1CCC(N=C(NC(NC2CCCCC2)=[NH+]C2CCCCC2)NC2CCCCC2)CC1. The normalized spacial score (nSPS) is 26.6. The quantitative estimate of drug-likeness (QED) is 0.404. The summed E-state index contributed by atoms with van der Waals surface area (Å²) >= 11 is 0. The van der Waals surface area contributed by atoms with Gasteiger partial charge in [0.1, 0.15) is 0 Å². The van der Waals surface area contributed by atoms with Crippen molar-refractivity contribution in [2.75, 3.05) is 0 Å². The van der Waals surface area contributed by atoms with Crippen molar-refractivity contribution in [2.45, 2.75) is 153 Å². The molecule has 0 aromatic heterocycles. The Balaban J connectivity index is 1.47. The zero-order valence-electron chi connectivity index (χ0n) is 19.9. The molecule has 5 heteroatoms. The van der Waals surface area contributed by atoms with Crippen molar-refractivity contribution < 1.29 is 4.99 Å². The Hall–Kier alpha value is -1.26. The largest absolute Gasteiger partial charge is 0.351 e. The molecule has 0 unspecified atom stereocenters. The fourth-order valence-corrected chi connectivity index (χ4v) is 6.07. The van der Waals surface area contributed by atoms with Crippen molar-refractivity contribution in [3.63, 3.8) is 0 Å². The number of rotatable bonds is 4. The summed E-state index contributed by atoms with van der Waals surface area (Å²) in [7, 11) is 0. The lowest BCUT2D eigenvalue weighted by Crippen LogP contribution is -2.86. The van der Waals surface area contributed by atoms with Gasteiger partial charge >= 0.3 is 5.96 Å². The molecule has 4 saturated carbocycles. The zero-order chi connectivity index (χ0) is 21.1. The van der Waals surface area contributed by atoms with E-state index in [-0.39, 0.29) is 0 Å².